The smallest absolute Gasteiger partial charge is 0.259 e. The minimum atomic E-state index is -3.27. The lowest BCUT2D eigenvalue weighted by molar-refractivity contribution is 0.0713. The molecule has 170 valence electrons. The number of carbonyl (C=O) groups excluding carboxylic acids is 1. The van der Waals surface area contributed by atoms with Gasteiger partial charge < -0.3 is 9.42 Å². The Morgan fingerprint density at radius 3 is 2.53 bits per heavy atom. The number of hydrogen-bond donors (Lipinski definition) is 1. The third kappa shape index (κ3) is 4.68. The van der Waals surface area contributed by atoms with E-state index in [2.05, 4.69) is 14.9 Å². The van der Waals surface area contributed by atoms with Crippen LogP contribution >= 0.6 is 0 Å². The van der Waals surface area contributed by atoms with Gasteiger partial charge in [0.15, 0.2) is 0 Å². The van der Waals surface area contributed by atoms with E-state index in [1.807, 2.05) is 38.1 Å². The highest BCUT2D eigenvalue weighted by molar-refractivity contribution is 7.89. The lowest BCUT2D eigenvalue weighted by Gasteiger charge is -2.32. The van der Waals surface area contributed by atoms with E-state index in [1.165, 1.54) is 0 Å². The molecule has 9 heteroatoms. The number of hydrogen-bond acceptors (Lipinski definition) is 6. The van der Waals surface area contributed by atoms with Gasteiger partial charge in [-0.3, -0.25) is 4.79 Å². The van der Waals surface area contributed by atoms with Gasteiger partial charge in [0.05, 0.1) is 28.1 Å². The van der Waals surface area contributed by atoms with Crippen LogP contribution in [0.1, 0.15) is 47.8 Å². The third-order valence-electron chi connectivity index (χ3n) is 5.80. The number of aryl methyl sites for hydroxylation is 2. The van der Waals surface area contributed by atoms with E-state index in [0.717, 1.165) is 11.1 Å². The fourth-order valence-electron chi connectivity index (χ4n) is 4.09. The van der Waals surface area contributed by atoms with Crippen molar-refractivity contribution < 1.29 is 17.7 Å². The minimum absolute atomic E-state index is 0.119. The zero-order valence-electron chi connectivity index (χ0n) is 18.6. The van der Waals surface area contributed by atoms with E-state index in [0.29, 0.717) is 60.4 Å². The largest absolute Gasteiger partial charge is 0.339 e. The van der Waals surface area contributed by atoms with Crippen molar-refractivity contribution in [3.63, 3.8) is 0 Å². The molecule has 0 saturated carbocycles. The van der Waals surface area contributed by atoms with Gasteiger partial charge in [0, 0.05) is 24.7 Å². The molecule has 1 saturated heterocycles. The number of rotatable bonds is 6. The predicted molar refractivity (Wildman–Crippen MR) is 123 cm³/mol. The summed E-state index contributed by atoms with van der Waals surface area (Å²) in [7, 11) is -3.27. The summed E-state index contributed by atoms with van der Waals surface area (Å²) >= 11 is 0. The maximum Gasteiger partial charge on any atom is 0.259 e. The maximum absolute atomic E-state index is 13.5. The highest BCUT2D eigenvalue weighted by Gasteiger charge is 2.28. The summed E-state index contributed by atoms with van der Waals surface area (Å²) in [4.78, 5) is 19.8. The Kier molecular flexibility index (Phi) is 6.30. The molecule has 2 aromatic heterocycles. The molecule has 3 heterocycles. The first-order chi connectivity index (χ1) is 15.3. The molecule has 0 radical (unpaired) electrons. The zero-order chi connectivity index (χ0) is 22.9. The molecule has 4 rings (SSSR count). The number of fused-ring (bicyclic) bond motifs is 1. The number of pyridine rings is 1. The van der Waals surface area contributed by atoms with Crippen LogP contribution in [0, 0.1) is 13.8 Å². The van der Waals surface area contributed by atoms with Crippen molar-refractivity contribution in [2.75, 3.05) is 18.8 Å². The van der Waals surface area contributed by atoms with E-state index >= 15 is 0 Å². The molecule has 3 aromatic rings. The molecule has 1 amide bonds. The van der Waals surface area contributed by atoms with Gasteiger partial charge in [-0.2, -0.15) is 0 Å². The first kappa shape index (κ1) is 22.4. The molecule has 8 nitrogen and oxygen atoms in total. The number of aromatic nitrogens is 2. The highest BCUT2D eigenvalue weighted by Crippen LogP contribution is 2.29. The van der Waals surface area contributed by atoms with Crippen LogP contribution in [0.2, 0.25) is 0 Å². The van der Waals surface area contributed by atoms with E-state index in [9.17, 15) is 13.2 Å². The van der Waals surface area contributed by atoms with Gasteiger partial charge in [-0.1, -0.05) is 41.9 Å². The molecule has 0 bridgehead atoms. The van der Waals surface area contributed by atoms with Crippen LogP contribution in [0.15, 0.2) is 34.9 Å². The summed E-state index contributed by atoms with van der Waals surface area (Å²) in [6.45, 7) is 6.61. The number of nitrogens with zero attached hydrogens (tertiary/aromatic N) is 3. The van der Waals surface area contributed by atoms with Crippen LogP contribution in [0.25, 0.3) is 22.4 Å². The summed E-state index contributed by atoms with van der Waals surface area (Å²) < 4.78 is 32.3. The molecule has 0 unspecified atom stereocenters. The number of nitrogens with one attached hydrogen (secondary N) is 1. The molecule has 1 aromatic carbocycles. The first-order valence-corrected chi connectivity index (χ1v) is 12.6. The van der Waals surface area contributed by atoms with Crippen LogP contribution < -0.4 is 4.72 Å². The van der Waals surface area contributed by atoms with Gasteiger partial charge >= 0.3 is 0 Å². The second kappa shape index (κ2) is 8.99. The van der Waals surface area contributed by atoms with Gasteiger partial charge in [-0.05, 0) is 39.2 Å². The summed E-state index contributed by atoms with van der Waals surface area (Å²) in [5, 5.41) is 4.64. The number of piperidine rings is 1. The third-order valence-corrected chi connectivity index (χ3v) is 7.43. The standard InChI is InChI=1S/C23H28N4O4S/c1-4-13-32(29,30)26-18-9-11-27(12-10-18)23(28)19-14-20(17-7-5-15(2)6-8-17)24-22-21(19)16(3)25-31-22/h5-8,14,18,26H,4,9-13H2,1-3H3. The lowest BCUT2D eigenvalue weighted by Crippen LogP contribution is -2.47. The second-order valence-corrected chi connectivity index (χ2v) is 10.2. The van der Waals surface area contributed by atoms with E-state index in [4.69, 9.17) is 4.52 Å². The molecule has 0 atom stereocenters. The summed E-state index contributed by atoms with van der Waals surface area (Å²) in [6.07, 6.45) is 1.73. The summed E-state index contributed by atoms with van der Waals surface area (Å²) in [6, 6.07) is 9.59. The molecule has 1 N–H and O–H groups in total. The Morgan fingerprint density at radius 2 is 1.88 bits per heavy atom. The zero-order valence-corrected chi connectivity index (χ0v) is 19.4. The average molecular weight is 457 g/mol. The van der Waals surface area contributed by atoms with Crippen molar-refractivity contribution in [3.05, 3.63) is 47.2 Å². The Labute approximate surface area is 188 Å². The van der Waals surface area contributed by atoms with Crippen molar-refractivity contribution in [2.24, 2.45) is 0 Å². The number of carbonyl (C=O) groups is 1. The summed E-state index contributed by atoms with van der Waals surface area (Å²) in [5.74, 6) is 0.00214. The van der Waals surface area contributed by atoms with Gasteiger partial charge in [0.2, 0.25) is 10.0 Å². The molecule has 1 aliphatic heterocycles. The highest BCUT2D eigenvalue weighted by atomic mass is 32.2. The summed E-state index contributed by atoms with van der Waals surface area (Å²) in [5.41, 5.74) is 4.15. The van der Waals surface area contributed by atoms with Crippen molar-refractivity contribution in [2.45, 2.75) is 46.1 Å². The van der Waals surface area contributed by atoms with E-state index in [1.54, 1.807) is 17.9 Å². The Hall–Kier alpha value is -2.78. The van der Waals surface area contributed by atoms with Gasteiger partial charge in [0.25, 0.3) is 11.6 Å². The molecule has 1 fully saturated rings. The SMILES string of the molecule is CCCS(=O)(=O)NC1CCN(C(=O)c2cc(-c3ccc(C)cc3)nc3onc(C)c23)CC1. The van der Waals surface area contributed by atoms with Crippen molar-refractivity contribution in [1.82, 2.24) is 19.8 Å². The van der Waals surface area contributed by atoms with Gasteiger partial charge in [-0.15, -0.1) is 0 Å². The number of likely N-dealkylation sites (tertiary alicyclic amines) is 1. The fourth-order valence-corrected chi connectivity index (χ4v) is 5.49. The number of sulfonamides is 1. The number of benzene rings is 1. The van der Waals surface area contributed by atoms with E-state index < -0.39 is 10.0 Å². The topological polar surface area (TPSA) is 105 Å². The Bertz CT molecular complexity index is 1230. The Morgan fingerprint density at radius 1 is 1.19 bits per heavy atom. The van der Waals surface area contributed by atoms with Crippen LogP contribution in [-0.4, -0.2) is 54.2 Å². The maximum atomic E-state index is 13.5. The van der Waals surface area contributed by atoms with Crippen LogP contribution in [0.3, 0.4) is 0 Å². The molecule has 0 aliphatic carbocycles. The molecular formula is C23H28N4O4S. The monoisotopic (exact) mass is 456 g/mol. The fraction of sp³-hybridized carbons (Fsp3) is 0.435. The van der Waals surface area contributed by atoms with Crippen LogP contribution in [0.5, 0.6) is 0 Å². The van der Waals surface area contributed by atoms with Crippen molar-refractivity contribution >= 4 is 27.0 Å². The normalized spacial score (nSPS) is 15.4. The molecule has 0 spiro atoms. The lowest BCUT2D eigenvalue weighted by atomic mass is 10.0. The quantitative estimate of drug-likeness (QED) is 0.609. The van der Waals surface area contributed by atoms with Crippen molar-refractivity contribution in [1.29, 1.82) is 0 Å². The number of amides is 1. The minimum Gasteiger partial charge on any atom is -0.339 e. The molecule has 1 aliphatic rings. The van der Waals surface area contributed by atoms with Crippen molar-refractivity contribution in [3.8, 4) is 11.3 Å². The first-order valence-electron chi connectivity index (χ1n) is 10.9. The molecule has 32 heavy (non-hydrogen) atoms. The van der Waals surface area contributed by atoms with Crippen LogP contribution in [-0.2, 0) is 10.0 Å². The Balaban J connectivity index is 1.58. The molecular weight excluding hydrogens is 428 g/mol. The van der Waals surface area contributed by atoms with E-state index in [-0.39, 0.29) is 17.7 Å². The van der Waals surface area contributed by atoms with Gasteiger partial charge in [0.1, 0.15) is 0 Å². The second-order valence-electron chi connectivity index (χ2n) is 8.37. The van der Waals surface area contributed by atoms with Crippen LogP contribution in [0.4, 0.5) is 0 Å². The van der Waals surface area contributed by atoms with Gasteiger partial charge in [-0.25, -0.2) is 18.1 Å². The average Bonchev–Trinajstić information content (AvgIpc) is 3.14. The predicted octanol–water partition coefficient (Wildman–Crippen LogP) is 3.44.